The molecule has 174 valence electrons. The molecular formula is C23H30N2O6S. The normalized spacial score (nSPS) is 15.7. The molecule has 0 aliphatic carbocycles. The highest BCUT2D eigenvalue weighted by Crippen LogP contribution is 2.34. The first kappa shape index (κ1) is 24.0. The molecule has 0 spiro atoms. The zero-order chi connectivity index (χ0) is 23.1. The maximum Gasteiger partial charge on any atom is 0.243 e. The van der Waals surface area contributed by atoms with E-state index in [9.17, 15) is 13.2 Å². The topological polar surface area (TPSA) is 94.2 Å². The Kier molecular flexibility index (Phi) is 8.11. The second-order valence-electron chi connectivity index (χ2n) is 7.48. The van der Waals surface area contributed by atoms with Gasteiger partial charge in [-0.2, -0.15) is 4.31 Å². The second kappa shape index (κ2) is 10.8. The number of anilines is 1. The number of nitrogens with zero attached hydrogens (tertiary/aromatic N) is 1. The first-order valence-corrected chi connectivity index (χ1v) is 12.2. The van der Waals surface area contributed by atoms with Crippen LogP contribution in [0.25, 0.3) is 0 Å². The molecule has 0 bridgehead atoms. The molecule has 32 heavy (non-hydrogen) atoms. The fourth-order valence-corrected chi connectivity index (χ4v) is 4.57. The summed E-state index contributed by atoms with van der Waals surface area (Å²) in [5, 5.41) is 2.83. The zero-order valence-electron chi connectivity index (χ0n) is 18.7. The third-order valence-corrected chi connectivity index (χ3v) is 7.13. The average molecular weight is 463 g/mol. The van der Waals surface area contributed by atoms with Crippen molar-refractivity contribution in [3.8, 4) is 17.2 Å². The third-order valence-electron chi connectivity index (χ3n) is 5.24. The fraction of sp³-hybridized carbons (Fsp3) is 0.435. The van der Waals surface area contributed by atoms with Gasteiger partial charge in [-0.1, -0.05) is 13.8 Å². The molecule has 0 unspecified atom stereocenters. The van der Waals surface area contributed by atoms with Crippen LogP contribution >= 0.6 is 0 Å². The smallest absolute Gasteiger partial charge is 0.243 e. The number of nitrogens with one attached hydrogen (secondary N) is 1. The lowest BCUT2D eigenvalue weighted by molar-refractivity contribution is -0.119. The molecule has 1 atom stereocenters. The zero-order valence-corrected chi connectivity index (χ0v) is 19.5. The molecular weight excluding hydrogens is 432 g/mol. The first-order valence-electron chi connectivity index (χ1n) is 10.8. The van der Waals surface area contributed by atoms with Crippen LogP contribution in [0, 0.1) is 5.92 Å². The molecule has 1 heterocycles. The molecule has 3 rings (SSSR count). The lowest BCUT2D eigenvalue weighted by Gasteiger charge is -2.26. The molecule has 2 aromatic carbocycles. The first-order chi connectivity index (χ1) is 15.3. The van der Waals surface area contributed by atoms with Gasteiger partial charge in [0.05, 0.1) is 30.4 Å². The number of hydrogen-bond donors (Lipinski definition) is 1. The van der Waals surface area contributed by atoms with Crippen molar-refractivity contribution in [3.05, 3.63) is 42.5 Å². The summed E-state index contributed by atoms with van der Waals surface area (Å²) in [5.41, 5.74) is 0.304. The lowest BCUT2D eigenvalue weighted by atomic mass is 10.1. The van der Waals surface area contributed by atoms with Crippen molar-refractivity contribution in [3.63, 3.8) is 0 Å². The Morgan fingerprint density at radius 2 is 1.75 bits per heavy atom. The van der Waals surface area contributed by atoms with Gasteiger partial charge < -0.3 is 19.5 Å². The summed E-state index contributed by atoms with van der Waals surface area (Å²) >= 11 is 0. The third kappa shape index (κ3) is 5.79. The predicted octanol–water partition coefficient (Wildman–Crippen LogP) is 3.88. The maximum atomic E-state index is 13.1. The molecule has 1 fully saturated rings. The van der Waals surface area contributed by atoms with Gasteiger partial charge in [-0.15, -0.1) is 0 Å². The van der Waals surface area contributed by atoms with Gasteiger partial charge in [0, 0.05) is 19.0 Å². The number of morpholine rings is 1. The molecule has 0 radical (unpaired) electrons. The van der Waals surface area contributed by atoms with Gasteiger partial charge in [0.25, 0.3) is 0 Å². The summed E-state index contributed by atoms with van der Waals surface area (Å²) in [5.74, 6) is 1.18. The van der Waals surface area contributed by atoms with E-state index < -0.39 is 10.0 Å². The SMILES string of the molecule is CCOc1ccc(Oc2ccc(S(=O)(=O)N3CCOCC3)cc2NC(=O)[C@H](C)CC)cc1. The quantitative estimate of drug-likeness (QED) is 0.608. The Bertz CT molecular complexity index is 1020. The monoisotopic (exact) mass is 462 g/mol. The summed E-state index contributed by atoms with van der Waals surface area (Å²) in [4.78, 5) is 12.7. The van der Waals surface area contributed by atoms with E-state index in [0.717, 1.165) is 5.75 Å². The van der Waals surface area contributed by atoms with Gasteiger partial charge in [0.1, 0.15) is 11.5 Å². The standard InChI is InChI=1S/C23H30N2O6S/c1-4-17(3)23(26)24-21-16-20(32(27,28)25-12-14-29-15-13-25)10-11-22(21)31-19-8-6-18(7-9-19)30-5-2/h6-11,16-17H,4-5,12-15H2,1-3H3,(H,24,26)/t17-/m1/s1. The van der Waals surface area contributed by atoms with Crippen molar-refractivity contribution in [1.82, 2.24) is 4.31 Å². The number of rotatable bonds is 9. The minimum atomic E-state index is -3.72. The lowest BCUT2D eigenvalue weighted by Crippen LogP contribution is -2.40. The van der Waals surface area contributed by atoms with Crippen LogP contribution in [0.2, 0.25) is 0 Å². The van der Waals surface area contributed by atoms with Gasteiger partial charge in [0.2, 0.25) is 15.9 Å². The van der Waals surface area contributed by atoms with Crippen molar-refractivity contribution < 1.29 is 27.4 Å². The van der Waals surface area contributed by atoms with E-state index >= 15 is 0 Å². The van der Waals surface area contributed by atoms with Gasteiger partial charge in [-0.05, 0) is 55.8 Å². The highest BCUT2D eigenvalue weighted by molar-refractivity contribution is 7.89. The van der Waals surface area contributed by atoms with Crippen molar-refractivity contribution in [2.45, 2.75) is 32.1 Å². The number of amides is 1. The molecule has 1 N–H and O–H groups in total. The predicted molar refractivity (Wildman–Crippen MR) is 122 cm³/mol. The number of carbonyl (C=O) groups is 1. The van der Waals surface area contributed by atoms with Crippen LogP contribution in [0.15, 0.2) is 47.4 Å². The Balaban J connectivity index is 1.92. The van der Waals surface area contributed by atoms with Crippen molar-refractivity contribution in [2.24, 2.45) is 5.92 Å². The van der Waals surface area contributed by atoms with Crippen molar-refractivity contribution >= 4 is 21.6 Å². The van der Waals surface area contributed by atoms with Crippen LogP contribution in [0.1, 0.15) is 27.2 Å². The highest BCUT2D eigenvalue weighted by atomic mass is 32.2. The molecule has 1 saturated heterocycles. The summed E-state index contributed by atoms with van der Waals surface area (Å²) < 4.78 is 44.2. The largest absolute Gasteiger partial charge is 0.494 e. The number of hydrogen-bond acceptors (Lipinski definition) is 6. The molecule has 2 aromatic rings. The summed E-state index contributed by atoms with van der Waals surface area (Å²) in [6.45, 7) is 7.50. The van der Waals surface area contributed by atoms with Gasteiger partial charge in [-0.25, -0.2) is 8.42 Å². The van der Waals surface area contributed by atoms with Gasteiger partial charge in [0.15, 0.2) is 5.75 Å². The maximum absolute atomic E-state index is 13.1. The minimum absolute atomic E-state index is 0.0953. The van der Waals surface area contributed by atoms with Crippen LogP contribution < -0.4 is 14.8 Å². The molecule has 1 amide bonds. The van der Waals surface area contributed by atoms with Crippen molar-refractivity contribution in [2.75, 3.05) is 38.2 Å². The molecule has 0 saturated carbocycles. The number of carbonyl (C=O) groups excluding carboxylic acids is 1. The van der Waals surface area contributed by atoms with E-state index in [1.165, 1.54) is 16.4 Å². The highest BCUT2D eigenvalue weighted by Gasteiger charge is 2.27. The van der Waals surface area contributed by atoms with E-state index in [-0.39, 0.29) is 16.7 Å². The average Bonchev–Trinajstić information content (AvgIpc) is 2.81. The molecule has 9 heteroatoms. The Labute approximate surface area is 189 Å². The summed E-state index contributed by atoms with van der Waals surface area (Å²) in [6, 6.07) is 11.6. The number of ether oxygens (including phenoxy) is 3. The van der Waals surface area contributed by atoms with E-state index in [4.69, 9.17) is 14.2 Å². The van der Waals surface area contributed by atoms with E-state index in [1.807, 2.05) is 20.8 Å². The summed E-state index contributed by atoms with van der Waals surface area (Å²) in [7, 11) is -3.72. The Morgan fingerprint density at radius 3 is 2.38 bits per heavy atom. The fourth-order valence-electron chi connectivity index (χ4n) is 3.13. The van der Waals surface area contributed by atoms with Crippen LogP contribution in [0.3, 0.4) is 0 Å². The van der Waals surface area contributed by atoms with E-state index in [2.05, 4.69) is 5.32 Å². The number of benzene rings is 2. The Hall–Kier alpha value is -2.62. The van der Waals surface area contributed by atoms with Crippen LogP contribution in [0.5, 0.6) is 17.2 Å². The van der Waals surface area contributed by atoms with E-state index in [1.54, 1.807) is 30.3 Å². The molecule has 8 nitrogen and oxygen atoms in total. The van der Waals surface area contributed by atoms with Crippen LogP contribution in [0.4, 0.5) is 5.69 Å². The summed E-state index contributed by atoms with van der Waals surface area (Å²) in [6.07, 6.45) is 0.659. The van der Waals surface area contributed by atoms with Crippen LogP contribution in [-0.2, 0) is 19.6 Å². The molecule has 0 aromatic heterocycles. The van der Waals surface area contributed by atoms with Crippen molar-refractivity contribution in [1.29, 1.82) is 0 Å². The van der Waals surface area contributed by atoms with E-state index in [0.29, 0.717) is 56.5 Å². The van der Waals surface area contributed by atoms with Gasteiger partial charge in [-0.3, -0.25) is 4.79 Å². The molecule has 1 aliphatic heterocycles. The molecule has 1 aliphatic rings. The Morgan fingerprint density at radius 1 is 1.09 bits per heavy atom. The van der Waals surface area contributed by atoms with Crippen LogP contribution in [-0.4, -0.2) is 51.5 Å². The second-order valence-corrected chi connectivity index (χ2v) is 9.42. The minimum Gasteiger partial charge on any atom is -0.494 e. The van der Waals surface area contributed by atoms with Gasteiger partial charge >= 0.3 is 0 Å². The number of sulfonamides is 1.